The van der Waals surface area contributed by atoms with Gasteiger partial charge in [0.2, 0.25) is 5.91 Å². The number of nitrogens with one attached hydrogen (secondary N) is 1. The molecule has 2 amide bonds. The van der Waals surface area contributed by atoms with E-state index in [4.69, 9.17) is 9.47 Å². The van der Waals surface area contributed by atoms with Gasteiger partial charge in [0.05, 0.1) is 6.54 Å². The van der Waals surface area contributed by atoms with Crippen molar-refractivity contribution in [2.45, 2.75) is 45.6 Å². The van der Waals surface area contributed by atoms with Crippen molar-refractivity contribution < 1.29 is 19.1 Å². The number of hydrogen-bond donors (Lipinski definition) is 1. The number of benzene rings is 2. The fourth-order valence-corrected chi connectivity index (χ4v) is 3.78. The SMILES string of the molecule is CC(C)(C)OC(=O)N1CCC(CC(=O)NCCOc2ccccc2-c2ccccc2)CC1. The molecule has 0 aromatic heterocycles. The Balaban J connectivity index is 1.37. The molecule has 32 heavy (non-hydrogen) atoms. The Morgan fingerprint density at radius 1 is 1.00 bits per heavy atom. The molecule has 2 aromatic carbocycles. The van der Waals surface area contributed by atoms with E-state index in [2.05, 4.69) is 17.4 Å². The molecule has 0 bridgehead atoms. The molecule has 6 heteroatoms. The van der Waals surface area contributed by atoms with Gasteiger partial charge < -0.3 is 19.7 Å². The lowest BCUT2D eigenvalue weighted by Gasteiger charge is -2.33. The summed E-state index contributed by atoms with van der Waals surface area (Å²) in [5.41, 5.74) is 1.65. The third kappa shape index (κ3) is 7.29. The summed E-state index contributed by atoms with van der Waals surface area (Å²) in [5.74, 6) is 1.12. The van der Waals surface area contributed by atoms with Crippen LogP contribution in [0.15, 0.2) is 54.6 Å². The summed E-state index contributed by atoms with van der Waals surface area (Å²) in [6.07, 6.45) is 1.83. The van der Waals surface area contributed by atoms with E-state index >= 15 is 0 Å². The van der Waals surface area contributed by atoms with E-state index in [1.165, 1.54) is 0 Å². The van der Waals surface area contributed by atoms with Crippen molar-refractivity contribution in [3.05, 3.63) is 54.6 Å². The number of nitrogens with zero attached hydrogens (tertiary/aromatic N) is 1. The second-order valence-corrected chi connectivity index (χ2v) is 9.18. The zero-order valence-electron chi connectivity index (χ0n) is 19.3. The lowest BCUT2D eigenvalue weighted by atomic mass is 9.93. The fraction of sp³-hybridized carbons (Fsp3) is 0.462. The molecule has 0 aliphatic carbocycles. The summed E-state index contributed by atoms with van der Waals surface area (Å²) >= 11 is 0. The van der Waals surface area contributed by atoms with E-state index in [9.17, 15) is 9.59 Å². The number of piperidine rings is 1. The zero-order chi connectivity index (χ0) is 23.0. The van der Waals surface area contributed by atoms with Crippen LogP contribution < -0.4 is 10.1 Å². The van der Waals surface area contributed by atoms with Crippen LogP contribution in [-0.2, 0) is 9.53 Å². The summed E-state index contributed by atoms with van der Waals surface area (Å²) in [4.78, 5) is 26.2. The molecule has 3 rings (SSSR count). The molecular formula is C26H34N2O4. The third-order valence-corrected chi connectivity index (χ3v) is 5.39. The smallest absolute Gasteiger partial charge is 0.410 e. The summed E-state index contributed by atoms with van der Waals surface area (Å²) in [5, 5.41) is 2.96. The highest BCUT2D eigenvalue weighted by atomic mass is 16.6. The first-order chi connectivity index (χ1) is 15.3. The first-order valence-electron chi connectivity index (χ1n) is 11.3. The first-order valence-corrected chi connectivity index (χ1v) is 11.3. The van der Waals surface area contributed by atoms with Gasteiger partial charge in [0.15, 0.2) is 0 Å². The van der Waals surface area contributed by atoms with Crippen molar-refractivity contribution in [1.29, 1.82) is 0 Å². The molecule has 0 atom stereocenters. The maximum Gasteiger partial charge on any atom is 0.410 e. The largest absolute Gasteiger partial charge is 0.491 e. The van der Waals surface area contributed by atoms with Crippen LogP contribution in [-0.4, -0.2) is 48.7 Å². The minimum absolute atomic E-state index is 0.0284. The molecule has 0 radical (unpaired) electrons. The highest BCUT2D eigenvalue weighted by molar-refractivity contribution is 5.76. The minimum atomic E-state index is -0.489. The number of carbonyl (C=O) groups excluding carboxylic acids is 2. The second kappa shape index (κ2) is 11.0. The normalized spacial score (nSPS) is 14.7. The second-order valence-electron chi connectivity index (χ2n) is 9.18. The summed E-state index contributed by atoms with van der Waals surface area (Å²) in [7, 11) is 0. The third-order valence-electron chi connectivity index (χ3n) is 5.39. The number of carbonyl (C=O) groups is 2. The Morgan fingerprint density at radius 3 is 2.34 bits per heavy atom. The van der Waals surface area contributed by atoms with Gasteiger partial charge in [0.25, 0.3) is 0 Å². The van der Waals surface area contributed by atoms with Crippen LogP contribution in [0, 0.1) is 5.92 Å². The van der Waals surface area contributed by atoms with Crippen molar-refractivity contribution >= 4 is 12.0 Å². The Kier molecular flexibility index (Phi) is 8.14. The van der Waals surface area contributed by atoms with Gasteiger partial charge in [0.1, 0.15) is 18.0 Å². The predicted molar refractivity (Wildman–Crippen MR) is 126 cm³/mol. The van der Waals surface area contributed by atoms with Crippen molar-refractivity contribution in [2.24, 2.45) is 5.92 Å². The monoisotopic (exact) mass is 438 g/mol. The van der Waals surface area contributed by atoms with E-state index in [0.29, 0.717) is 32.7 Å². The molecule has 6 nitrogen and oxygen atoms in total. The van der Waals surface area contributed by atoms with Crippen LogP contribution in [0.5, 0.6) is 5.75 Å². The maximum atomic E-state index is 12.3. The Hall–Kier alpha value is -3.02. The molecule has 1 aliphatic rings. The average molecular weight is 439 g/mol. The molecule has 0 saturated carbocycles. The number of likely N-dealkylation sites (tertiary alicyclic amines) is 1. The molecular weight excluding hydrogens is 404 g/mol. The van der Waals surface area contributed by atoms with Gasteiger partial charge >= 0.3 is 6.09 Å². The van der Waals surface area contributed by atoms with Crippen molar-refractivity contribution in [3.8, 4) is 16.9 Å². The fourth-order valence-electron chi connectivity index (χ4n) is 3.78. The average Bonchev–Trinajstić information content (AvgIpc) is 2.77. The van der Waals surface area contributed by atoms with Gasteiger partial charge in [-0.05, 0) is 51.2 Å². The molecule has 1 heterocycles. The Labute approximate surface area is 190 Å². The molecule has 1 saturated heterocycles. The number of rotatable bonds is 7. The highest BCUT2D eigenvalue weighted by Crippen LogP contribution is 2.29. The van der Waals surface area contributed by atoms with Gasteiger partial charge in [-0.25, -0.2) is 4.79 Å². The van der Waals surface area contributed by atoms with Crippen LogP contribution in [0.3, 0.4) is 0 Å². The zero-order valence-corrected chi connectivity index (χ0v) is 19.3. The first kappa shape index (κ1) is 23.6. The van der Waals surface area contributed by atoms with Crippen LogP contribution in [0.25, 0.3) is 11.1 Å². The van der Waals surface area contributed by atoms with E-state index < -0.39 is 5.60 Å². The van der Waals surface area contributed by atoms with Crippen molar-refractivity contribution in [1.82, 2.24) is 10.2 Å². The molecule has 1 aliphatic heterocycles. The van der Waals surface area contributed by atoms with Crippen LogP contribution in [0.2, 0.25) is 0 Å². The summed E-state index contributed by atoms with van der Waals surface area (Å²) < 4.78 is 11.4. The Morgan fingerprint density at radius 2 is 1.66 bits per heavy atom. The molecule has 1 N–H and O–H groups in total. The van der Waals surface area contributed by atoms with E-state index in [1.54, 1.807) is 4.90 Å². The van der Waals surface area contributed by atoms with Crippen LogP contribution in [0.1, 0.15) is 40.0 Å². The maximum absolute atomic E-state index is 12.3. The molecule has 2 aromatic rings. The predicted octanol–water partition coefficient (Wildman–Crippen LogP) is 4.89. The standard InChI is InChI=1S/C26H34N2O4/c1-26(2,3)32-25(30)28-16-13-20(14-17-28)19-24(29)27-15-18-31-23-12-8-7-11-22(23)21-9-5-4-6-10-21/h4-12,20H,13-19H2,1-3H3,(H,27,29). The van der Waals surface area contributed by atoms with Crippen molar-refractivity contribution in [2.75, 3.05) is 26.2 Å². The molecule has 1 fully saturated rings. The summed E-state index contributed by atoms with van der Waals surface area (Å²) in [6, 6.07) is 18.0. The van der Waals surface area contributed by atoms with Crippen molar-refractivity contribution in [3.63, 3.8) is 0 Å². The molecule has 172 valence electrons. The number of hydrogen-bond acceptors (Lipinski definition) is 4. The van der Waals surface area contributed by atoms with E-state index in [1.807, 2.05) is 63.2 Å². The number of para-hydroxylation sites is 1. The van der Waals surface area contributed by atoms with Gasteiger partial charge in [-0.2, -0.15) is 0 Å². The Bertz CT molecular complexity index is 884. The quantitative estimate of drug-likeness (QED) is 0.625. The van der Waals surface area contributed by atoms with Crippen LogP contribution in [0.4, 0.5) is 4.79 Å². The molecule has 0 unspecified atom stereocenters. The van der Waals surface area contributed by atoms with Gasteiger partial charge in [0, 0.05) is 25.1 Å². The number of ether oxygens (including phenoxy) is 2. The lowest BCUT2D eigenvalue weighted by Crippen LogP contribution is -2.42. The minimum Gasteiger partial charge on any atom is -0.491 e. The summed E-state index contributed by atoms with van der Waals surface area (Å²) in [6.45, 7) is 7.73. The van der Waals surface area contributed by atoms with Gasteiger partial charge in [-0.15, -0.1) is 0 Å². The topological polar surface area (TPSA) is 67.9 Å². The van der Waals surface area contributed by atoms with Gasteiger partial charge in [-0.1, -0.05) is 48.5 Å². The highest BCUT2D eigenvalue weighted by Gasteiger charge is 2.27. The van der Waals surface area contributed by atoms with E-state index in [0.717, 1.165) is 29.7 Å². The van der Waals surface area contributed by atoms with Gasteiger partial charge in [-0.3, -0.25) is 4.79 Å². The lowest BCUT2D eigenvalue weighted by molar-refractivity contribution is -0.122. The number of amides is 2. The van der Waals surface area contributed by atoms with E-state index in [-0.39, 0.29) is 17.9 Å². The van der Waals surface area contributed by atoms with Crippen LogP contribution >= 0.6 is 0 Å². The molecule has 0 spiro atoms.